The number of carbonyl (C=O) groups is 1. The lowest BCUT2D eigenvalue weighted by Gasteiger charge is -2.34. The molecule has 1 heterocycles. The van der Waals surface area contributed by atoms with Crippen LogP contribution in [0.4, 0.5) is 4.79 Å². The largest absolute Gasteiger partial charge is 0.444 e. The maximum absolute atomic E-state index is 12.2. The number of nitrogens with zero attached hydrogens (tertiary/aromatic N) is 2. The van der Waals surface area contributed by atoms with Crippen LogP contribution in [0.5, 0.6) is 0 Å². The average Bonchev–Trinajstić information content (AvgIpc) is 2.45. The van der Waals surface area contributed by atoms with Gasteiger partial charge >= 0.3 is 6.09 Å². The van der Waals surface area contributed by atoms with Crippen LogP contribution in [0.1, 0.15) is 50.7 Å². The minimum Gasteiger partial charge on any atom is -0.444 e. The molecule has 0 saturated carbocycles. The number of ether oxygens (including phenoxy) is 1. The molecule has 4 nitrogen and oxygen atoms in total. The smallest absolute Gasteiger partial charge is 0.410 e. The molecular formula is C17H22N2O2. The first-order chi connectivity index (χ1) is 9.90. The molecule has 1 aromatic rings. The van der Waals surface area contributed by atoms with Gasteiger partial charge in [-0.15, -0.1) is 0 Å². The predicted octanol–water partition coefficient (Wildman–Crippen LogP) is 3.67. The third-order valence-corrected chi connectivity index (χ3v) is 3.59. The zero-order chi connectivity index (χ0) is 15.5. The van der Waals surface area contributed by atoms with Crippen LogP contribution in [-0.2, 0) is 4.74 Å². The Morgan fingerprint density at radius 3 is 2.76 bits per heavy atom. The lowest BCUT2D eigenvalue weighted by Crippen LogP contribution is -2.42. The molecule has 1 aliphatic heterocycles. The van der Waals surface area contributed by atoms with Crippen molar-refractivity contribution >= 4 is 6.09 Å². The second-order valence-electron chi connectivity index (χ2n) is 6.46. The van der Waals surface area contributed by atoms with E-state index in [1.54, 1.807) is 4.90 Å². The monoisotopic (exact) mass is 286 g/mol. The van der Waals surface area contributed by atoms with Gasteiger partial charge in [-0.05, 0) is 45.2 Å². The van der Waals surface area contributed by atoms with Crippen molar-refractivity contribution in [3.05, 3.63) is 35.4 Å². The molecule has 0 spiro atoms. The summed E-state index contributed by atoms with van der Waals surface area (Å²) < 4.78 is 5.44. The molecule has 112 valence electrons. The highest BCUT2D eigenvalue weighted by Crippen LogP contribution is 2.29. The lowest BCUT2D eigenvalue weighted by molar-refractivity contribution is 0.0198. The molecule has 1 aliphatic rings. The quantitative estimate of drug-likeness (QED) is 0.791. The molecule has 0 N–H and O–H groups in total. The van der Waals surface area contributed by atoms with Gasteiger partial charge in [-0.1, -0.05) is 18.2 Å². The number of benzene rings is 1. The van der Waals surface area contributed by atoms with E-state index in [0.717, 1.165) is 24.9 Å². The summed E-state index contributed by atoms with van der Waals surface area (Å²) in [6, 6.07) is 9.88. The van der Waals surface area contributed by atoms with Gasteiger partial charge in [-0.2, -0.15) is 5.26 Å². The van der Waals surface area contributed by atoms with Crippen molar-refractivity contribution in [3.8, 4) is 6.07 Å². The van der Waals surface area contributed by atoms with Crippen LogP contribution in [0.25, 0.3) is 0 Å². The molecule has 1 amide bonds. The van der Waals surface area contributed by atoms with E-state index in [1.807, 2.05) is 45.0 Å². The van der Waals surface area contributed by atoms with Crippen molar-refractivity contribution in [1.82, 2.24) is 4.90 Å². The second-order valence-corrected chi connectivity index (χ2v) is 6.46. The molecule has 2 rings (SSSR count). The third kappa shape index (κ3) is 3.98. The van der Waals surface area contributed by atoms with Crippen LogP contribution >= 0.6 is 0 Å². The van der Waals surface area contributed by atoms with Crippen molar-refractivity contribution in [2.45, 2.75) is 45.1 Å². The Hall–Kier alpha value is -2.02. The summed E-state index contributed by atoms with van der Waals surface area (Å²) in [5.41, 5.74) is 1.26. The number of rotatable bonds is 1. The number of hydrogen-bond acceptors (Lipinski definition) is 3. The maximum Gasteiger partial charge on any atom is 0.410 e. The van der Waals surface area contributed by atoms with Gasteiger partial charge in [0.1, 0.15) is 5.60 Å². The summed E-state index contributed by atoms with van der Waals surface area (Å²) in [6.45, 7) is 6.96. The Morgan fingerprint density at radius 2 is 2.10 bits per heavy atom. The molecule has 4 heteroatoms. The predicted molar refractivity (Wildman–Crippen MR) is 80.9 cm³/mol. The van der Waals surface area contributed by atoms with E-state index >= 15 is 0 Å². The van der Waals surface area contributed by atoms with Crippen LogP contribution < -0.4 is 0 Å². The highest BCUT2D eigenvalue weighted by molar-refractivity contribution is 5.68. The first kappa shape index (κ1) is 15.4. The standard InChI is InChI=1S/C17H22N2O2/c1-17(2,3)21-16(20)19-10-6-8-14(12-19)15-9-5-4-7-13(15)11-18/h4-5,7,9,14H,6,8,10,12H2,1-3H3/t14-/m0/s1. The van der Waals surface area contributed by atoms with Crippen molar-refractivity contribution in [2.75, 3.05) is 13.1 Å². The number of amides is 1. The van der Waals surface area contributed by atoms with E-state index in [9.17, 15) is 10.1 Å². The summed E-state index contributed by atoms with van der Waals surface area (Å²) in [5, 5.41) is 9.22. The number of piperidine rings is 1. The second kappa shape index (κ2) is 6.17. The minimum atomic E-state index is -0.478. The van der Waals surface area contributed by atoms with E-state index in [-0.39, 0.29) is 12.0 Å². The summed E-state index contributed by atoms with van der Waals surface area (Å²) >= 11 is 0. The Labute approximate surface area is 126 Å². The van der Waals surface area contributed by atoms with Crippen molar-refractivity contribution in [1.29, 1.82) is 5.26 Å². The average molecular weight is 286 g/mol. The molecule has 0 bridgehead atoms. The Balaban J connectivity index is 2.11. The lowest BCUT2D eigenvalue weighted by atomic mass is 9.88. The van der Waals surface area contributed by atoms with Crippen LogP contribution in [0.2, 0.25) is 0 Å². The summed E-state index contributed by atoms with van der Waals surface area (Å²) in [7, 11) is 0. The highest BCUT2D eigenvalue weighted by Gasteiger charge is 2.29. The Morgan fingerprint density at radius 1 is 1.38 bits per heavy atom. The fourth-order valence-corrected chi connectivity index (χ4v) is 2.68. The van der Waals surface area contributed by atoms with E-state index < -0.39 is 5.60 Å². The van der Waals surface area contributed by atoms with Gasteiger partial charge in [0.05, 0.1) is 11.6 Å². The van der Waals surface area contributed by atoms with E-state index in [1.165, 1.54) is 0 Å². The number of carbonyl (C=O) groups excluding carboxylic acids is 1. The zero-order valence-corrected chi connectivity index (χ0v) is 12.9. The molecule has 0 aliphatic carbocycles. The zero-order valence-electron chi connectivity index (χ0n) is 12.9. The van der Waals surface area contributed by atoms with Crippen molar-refractivity contribution in [2.24, 2.45) is 0 Å². The van der Waals surface area contributed by atoms with Crippen molar-refractivity contribution < 1.29 is 9.53 Å². The van der Waals surface area contributed by atoms with Crippen molar-refractivity contribution in [3.63, 3.8) is 0 Å². The van der Waals surface area contributed by atoms with E-state index in [0.29, 0.717) is 12.1 Å². The first-order valence-corrected chi connectivity index (χ1v) is 7.37. The van der Waals surface area contributed by atoms with Gasteiger partial charge in [0.15, 0.2) is 0 Å². The fraction of sp³-hybridized carbons (Fsp3) is 0.529. The topological polar surface area (TPSA) is 53.3 Å². The van der Waals surface area contributed by atoms with Gasteiger partial charge in [-0.25, -0.2) is 4.79 Å². The normalized spacial score (nSPS) is 19.0. The molecule has 0 unspecified atom stereocenters. The van der Waals surface area contributed by atoms with Crippen LogP contribution in [0.15, 0.2) is 24.3 Å². The summed E-state index contributed by atoms with van der Waals surface area (Å²) in [4.78, 5) is 13.9. The van der Waals surface area contributed by atoms with Gasteiger partial charge in [-0.3, -0.25) is 0 Å². The van der Waals surface area contributed by atoms with Crippen LogP contribution in [0, 0.1) is 11.3 Å². The maximum atomic E-state index is 12.2. The molecule has 0 radical (unpaired) electrons. The Kier molecular flexibility index (Phi) is 4.52. The van der Waals surface area contributed by atoms with Crippen LogP contribution in [-0.4, -0.2) is 29.7 Å². The van der Waals surface area contributed by atoms with Gasteiger partial charge in [0, 0.05) is 19.0 Å². The van der Waals surface area contributed by atoms with Gasteiger partial charge < -0.3 is 9.64 Å². The van der Waals surface area contributed by atoms with E-state index in [2.05, 4.69) is 6.07 Å². The van der Waals surface area contributed by atoms with E-state index in [4.69, 9.17) is 4.74 Å². The fourth-order valence-electron chi connectivity index (χ4n) is 2.68. The molecule has 1 atom stereocenters. The third-order valence-electron chi connectivity index (χ3n) is 3.59. The molecule has 0 aromatic heterocycles. The number of nitriles is 1. The van der Waals surface area contributed by atoms with Gasteiger partial charge in [0.25, 0.3) is 0 Å². The number of hydrogen-bond donors (Lipinski definition) is 0. The summed E-state index contributed by atoms with van der Waals surface area (Å²) in [5.74, 6) is 0.210. The Bertz CT molecular complexity index is 555. The number of likely N-dealkylation sites (tertiary alicyclic amines) is 1. The highest BCUT2D eigenvalue weighted by atomic mass is 16.6. The SMILES string of the molecule is CC(C)(C)OC(=O)N1CCC[C@H](c2ccccc2C#N)C1. The molecule has 1 saturated heterocycles. The first-order valence-electron chi connectivity index (χ1n) is 7.37. The molecule has 1 aromatic carbocycles. The van der Waals surface area contributed by atoms with Crippen LogP contribution in [0.3, 0.4) is 0 Å². The summed E-state index contributed by atoms with van der Waals surface area (Å²) in [6.07, 6.45) is 1.67. The minimum absolute atomic E-state index is 0.210. The molecule has 1 fully saturated rings. The molecule has 21 heavy (non-hydrogen) atoms. The van der Waals surface area contributed by atoms with Gasteiger partial charge in [0.2, 0.25) is 0 Å². The molecular weight excluding hydrogens is 264 g/mol.